The molecule has 29 heavy (non-hydrogen) atoms. The summed E-state index contributed by atoms with van der Waals surface area (Å²) in [5, 5.41) is 7.03. The number of carbonyl (C=O) groups is 1. The lowest BCUT2D eigenvalue weighted by molar-refractivity contribution is -0.0524. The number of alkyl carbamates (subject to hydrolysis) is 1. The molecule has 3 aromatic rings. The van der Waals surface area contributed by atoms with Gasteiger partial charge in [-0.2, -0.15) is 8.78 Å². The second-order valence-electron chi connectivity index (χ2n) is 6.35. The predicted octanol–water partition coefficient (Wildman–Crippen LogP) is 2.33. The van der Waals surface area contributed by atoms with Crippen LogP contribution in [0.5, 0.6) is 5.88 Å². The highest BCUT2D eigenvalue weighted by Crippen LogP contribution is 2.30. The van der Waals surface area contributed by atoms with Gasteiger partial charge >= 0.3 is 12.7 Å². The lowest BCUT2D eigenvalue weighted by Gasteiger charge is -2.17. The highest BCUT2D eigenvalue weighted by atomic mass is 19.3. The number of amides is 1. The molecule has 0 aliphatic carbocycles. The van der Waals surface area contributed by atoms with Crippen LogP contribution < -0.4 is 15.0 Å². The fourth-order valence-electron chi connectivity index (χ4n) is 3.22. The van der Waals surface area contributed by atoms with Gasteiger partial charge in [0.2, 0.25) is 5.88 Å². The number of nitrogens with one attached hydrogen (secondary N) is 1. The van der Waals surface area contributed by atoms with E-state index in [4.69, 9.17) is 4.74 Å². The van der Waals surface area contributed by atoms with Crippen molar-refractivity contribution in [3.05, 3.63) is 36.7 Å². The first kappa shape index (κ1) is 18.8. The third-order valence-corrected chi connectivity index (χ3v) is 4.54. The van der Waals surface area contributed by atoms with Crippen molar-refractivity contribution >= 4 is 17.6 Å². The number of fused-ring (bicyclic) bond motifs is 1. The molecule has 1 fully saturated rings. The Morgan fingerprint density at radius 2 is 2.17 bits per heavy atom. The Balaban J connectivity index is 1.64. The van der Waals surface area contributed by atoms with Gasteiger partial charge in [0, 0.05) is 26.2 Å². The van der Waals surface area contributed by atoms with Gasteiger partial charge in [0.05, 0.1) is 24.0 Å². The fourth-order valence-corrected chi connectivity index (χ4v) is 3.22. The maximum Gasteiger partial charge on any atom is 0.407 e. The Kier molecular flexibility index (Phi) is 5.10. The van der Waals surface area contributed by atoms with Gasteiger partial charge in [-0.25, -0.2) is 19.3 Å². The molecule has 1 N–H and O–H groups in total. The first-order valence-corrected chi connectivity index (χ1v) is 8.93. The number of rotatable bonds is 5. The molecule has 4 rings (SSSR count). The minimum Gasteiger partial charge on any atom is -0.444 e. The smallest absolute Gasteiger partial charge is 0.407 e. The average molecular weight is 404 g/mol. The van der Waals surface area contributed by atoms with Crippen molar-refractivity contribution in [2.75, 3.05) is 25.0 Å². The van der Waals surface area contributed by atoms with E-state index in [0.717, 1.165) is 0 Å². The van der Waals surface area contributed by atoms with Crippen LogP contribution in [-0.2, 0) is 4.74 Å². The van der Waals surface area contributed by atoms with E-state index in [1.165, 1.54) is 19.4 Å². The van der Waals surface area contributed by atoms with Crippen LogP contribution in [0.4, 0.5) is 19.4 Å². The molecular formula is C18H18F2N6O3. The number of ether oxygens (including phenoxy) is 2. The number of nitrogens with zero attached hydrogens (tertiary/aromatic N) is 5. The molecule has 1 aliphatic heterocycles. The molecule has 0 bridgehead atoms. The number of carbonyl (C=O) groups excluding carboxylic acids is 1. The van der Waals surface area contributed by atoms with E-state index in [2.05, 4.69) is 25.1 Å². The molecule has 1 atom stereocenters. The van der Waals surface area contributed by atoms with E-state index >= 15 is 0 Å². The number of hydrogen-bond donors (Lipinski definition) is 1. The molecule has 152 valence electrons. The summed E-state index contributed by atoms with van der Waals surface area (Å²) in [5.41, 5.74) is 1.38. The van der Waals surface area contributed by atoms with Crippen LogP contribution in [0.15, 0.2) is 36.7 Å². The van der Waals surface area contributed by atoms with Crippen LogP contribution in [0, 0.1) is 0 Å². The molecule has 0 aromatic carbocycles. The number of halogens is 2. The maximum absolute atomic E-state index is 12.7. The van der Waals surface area contributed by atoms with Crippen LogP contribution >= 0.6 is 0 Å². The Bertz CT molecular complexity index is 1030. The first-order valence-electron chi connectivity index (χ1n) is 8.93. The molecule has 1 amide bonds. The monoisotopic (exact) mass is 404 g/mol. The number of hydrogen-bond acceptors (Lipinski definition) is 7. The molecule has 0 spiro atoms. The van der Waals surface area contributed by atoms with Crippen LogP contribution in [0.3, 0.4) is 0 Å². The summed E-state index contributed by atoms with van der Waals surface area (Å²) >= 11 is 0. The van der Waals surface area contributed by atoms with E-state index in [9.17, 15) is 13.6 Å². The van der Waals surface area contributed by atoms with Gasteiger partial charge in [-0.1, -0.05) is 0 Å². The fraction of sp³-hybridized carbons (Fsp3) is 0.333. The van der Waals surface area contributed by atoms with Crippen molar-refractivity contribution in [2.24, 2.45) is 0 Å². The second-order valence-corrected chi connectivity index (χ2v) is 6.35. The lowest BCUT2D eigenvalue weighted by atomic mass is 10.2. The molecule has 4 heterocycles. The van der Waals surface area contributed by atoms with Crippen LogP contribution in [-0.4, -0.2) is 58.5 Å². The number of imidazole rings is 1. The standard InChI is InChI=1S/C18H18F2N6O3/c1-21-18(27)28-11-6-8-25(10-11)15-5-4-14-23-9-13(26(14)24-15)12-3-2-7-22-16(12)29-17(19)20/h2-5,7,9,11,17H,6,8,10H2,1H3,(H,21,27). The normalized spacial score (nSPS) is 16.4. The minimum absolute atomic E-state index is 0.197. The number of alkyl halides is 2. The van der Waals surface area contributed by atoms with Gasteiger partial charge in [0.15, 0.2) is 5.65 Å². The molecule has 3 aromatic heterocycles. The molecule has 1 aliphatic rings. The molecule has 1 saturated heterocycles. The van der Waals surface area contributed by atoms with Crippen molar-refractivity contribution in [1.82, 2.24) is 24.9 Å². The Morgan fingerprint density at radius 1 is 1.31 bits per heavy atom. The van der Waals surface area contributed by atoms with Crippen LogP contribution in [0.2, 0.25) is 0 Å². The SMILES string of the molecule is CNC(=O)OC1CCN(c2ccc3ncc(-c4cccnc4OC(F)F)n3n2)C1. The molecule has 9 nitrogen and oxygen atoms in total. The third kappa shape index (κ3) is 3.89. The van der Waals surface area contributed by atoms with E-state index in [1.54, 1.807) is 22.7 Å². The van der Waals surface area contributed by atoms with Gasteiger partial charge in [0.1, 0.15) is 11.9 Å². The topological polar surface area (TPSA) is 93.9 Å². The summed E-state index contributed by atoms with van der Waals surface area (Å²) in [7, 11) is 1.51. The van der Waals surface area contributed by atoms with Gasteiger partial charge in [-0.3, -0.25) is 0 Å². The zero-order chi connectivity index (χ0) is 20.4. The summed E-state index contributed by atoms with van der Waals surface area (Å²) in [6.45, 7) is -1.83. The Morgan fingerprint density at radius 3 is 2.97 bits per heavy atom. The van der Waals surface area contributed by atoms with Crippen molar-refractivity contribution in [2.45, 2.75) is 19.1 Å². The Hall–Kier alpha value is -3.50. The average Bonchev–Trinajstić information content (AvgIpc) is 3.34. The summed E-state index contributed by atoms with van der Waals surface area (Å²) < 4.78 is 36.8. The second kappa shape index (κ2) is 7.86. The minimum atomic E-state index is -2.99. The van der Waals surface area contributed by atoms with Gasteiger partial charge in [-0.05, 0) is 24.3 Å². The van der Waals surface area contributed by atoms with Crippen LogP contribution in [0.25, 0.3) is 16.9 Å². The van der Waals surface area contributed by atoms with Gasteiger partial charge in [-0.15, -0.1) is 5.10 Å². The van der Waals surface area contributed by atoms with Crippen molar-refractivity contribution in [3.8, 4) is 17.1 Å². The number of pyridine rings is 1. The first-order chi connectivity index (χ1) is 14.0. The maximum atomic E-state index is 12.7. The van der Waals surface area contributed by atoms with Crippen molar-refractivity contribution < 1.29 is 23.0 Å². The zero-order valence-corrected chi connectivity index (χ0v) is 15.5. The highest BCUT2D eigenvalue weighted by molar-refractivity contribution is 5.68. The van der Waals surface area contributed by atoms with Crippen LogP contribution in [0.1, 0.15) is 6.42 Å². The lowest BCUT2D eigenvalue weighted by Crippen LogP contribution is -2.29. The van der Waals surface area contributed by atoms with Gasteiger partial charge in [0.25, 0.3) is 0 Å². The molecular weight excluding hydrogens is 386 g/mol. The van der Waals surface area contributed by atoms with Gasteiger partial charge < -0.3 is 19.7 Å². The van der Waals surface area contributed by atoms with Crippen molar-refractivity contribution in [3.63, 3.8) is 0 Å². The van der Waals surface area contributed by atoms with E-state index < -0.39 is 12.7 Å². The predicted molar refractivity (Wildman–Crippen MR) is 99.0 cm³/mol. The Labute approximate surface area is 164 Å². The zero-order valence-electron chi connectivity index (χ0n) is 15.5. The molecule has 11 heteroatoms. The number of aromatic nitrogens is 4. The highest BCUT2D eigenvalue weighted by Gasteiger charge is 2.27. The largest absolute Gasteiger partial charge is 0.444 e. The summed E-state index contributed by atoms with van der Waals surface area (Å²) in [5.74, 6) is 0.455. The summed E-state index contributed by atoms with van der Waals surface area (Å²) in [4.78, 5) is 21.6. The summed E-state index contributed by atoms with van der Waals surface area (Å²) in [6, 6.07) is 6.83. The quantitative estimate of drug-likeness (QED) is 0.698. The molecule has 0 radical (unpaired) electrons. The number of anilines is 1. The molecule has 0 saturated carbocycles. The van der Waals surface area contributed by atoms with E-state index in [-0.39, 0.29) is 12.0 Å². The third-order valence-electron chi connectivity index (χ3n) is 4.54. The van der Waals surface area contributed by atoms with Crippen molar-refractivity contribution in [1.29, 1.82) is 0 Å². The summed E-state index contributed by atoms with van der Waals surface area (Å²) in [6.07, 6.45) is 2.88. The van der Waals surface area contributed by atoms with E-state index in [0.29, 0.717) is 42.2 Å². The molecule has 1 unspecified atom stereocenters. The van der Waals surface area contributed by atoms with E-state index in [1.807, 2.05) is 11.0 Å².